The molecule has 4 fully saturated rings. The molecule has 180 valence electrons. The fourth-order valence-electron chi connectivity index (χ4n) is 8.95. The summed E-state index contributed by atoms with van der Waals surface area (Å²) in [7, 11) is -1.71. The number of hydrogen-bond donors (Lipinski definition) is 0. The lowest BCUT2D eigenvalue weighted by molar-refractivity contribution is -0.131. The normalized spacial score (nSPS) is 44.9. The first kappa shape index (κ1) is 23.3. The second kappa shape index (κ2) is 7.54. The Morgan fingerprint density at radius 1 is 0.938 bits per heavy atom. The summed E-state index contributed by atoms with van der Waals surface area (Å²) in [5.41, 5.74) is 2.65. The van der Waals surface area contributed by atoms with E-state index in [4.69, 9.17) is 4.43 Å². The molecule has 0 N–H and O–H groups in total. The van der Waals surface area contributed by atoms with Gasteiger partial charge in [-0.3, -0.25) is 4.79 Å². The predicted molar refractivity (Wildman–Crippen MR) is 135 cm³/mol. The second-order valence-corrected chi connectivity index (χ2v) is 19.2. The van der Waals surface area contributed by atoms with E-state index in [0.29, 0.717) is 28.6 Å². The third-order valence-electron chi connectivity index (χ3n) is 11.9. The van der Waals surface area contributed by atoms with Crippen LogP contribution in [-0.2, 0) is 9.22 Å². The summed E-state index contributed by atoms with van der Waals surface area (Å²) in [6.45, 7) is 17.2. The Hall–Kier alpha value is -0.413. The first-order valence-electron chi connectivity index (χ1n) is 13.7. The molecule has 0 aromatic rings. The topological polar surface area (TPSA) is 26.3 Å². The van der Waals surface area contributed by atoms with Crippen LogP contribution in [0.2, 0.25) is 18.1 Å². The van der Waals surface area contributed by atoms with E-state index >= 15 is 0 Å². The Balaban J connectivity index is 1.32. The Kier molecular flexibility index (Phi) is 5.50. The lowest BCUT2D eigenvalue weighted by Crippen LogP contribution is -2.52. The van der Waals surface area contributed by atoms with E-state index in [1.165, 1.54) is 51.4 Å². The summed E-state index contributed by atoms with van der Waals surface area (Å²) in [5.74, 6) is 4.68. The van der Waals surface area contributed by atoms with Crippen molar-refractivity contribution in [3.8, 4) is 0 Å². The van der Waals surface area contributed by atoms with Crippen molar-refractivity contribution in [2.75, 3.05) is 0 Å². The lowest BCUT2D eigenvalue weighted by Gasteiger charge is -2.59. The molecule has 4 saturated carbocycles. The van der Waals surface area contributed by atoms with Crippen LogP contribution in [0, 0.1) is 40.4 Å². The maximum absolute atomic E-state index is 11.7. The van der Waals surface area contributed by atoms with Crippen LogP contribution in [0.5, 0.6) is 0 Å². The van der Waals surface area contributed by atoms with Gasteiger partial charge in [0.25, 0.3) is 0 Å². The van der Waals surface area contributed by atoms with Gasteiger partial charge >= 0.3 is 0 Å². The number of rotatable bonds is 3. The van der Waals surface area contributed by atoms with E-state index in [0.717, 1.165) is 36.5 Å². The summed E-state index contributed by atoms with van der Waals surface area (Å²) >= 11 is 0. The first-order valence-corrected chi connectivity index (χ1v) is 16.6. The van der Waals surface area contributed by atoms with E-state index in [-0.39, 0.29) is 5.04 Å². The summed E-state index contributed by atoms with van der Waals surface area (Å²) in [6, 6.07) is 0. The maximum Gasteiger partial charge on any atom is 0.192 e. The van der Waals surface area contributed by atoms with Crippen LogP contribution in [0.1, 0.15) is 98.8 Å². The van der Waals surface area contributed by atoms with Crippen LogP contribution in [0.3, 0.4) is 0 Å². The van der Waals surface area contributed by atoms with Crippen molar-refractivity contribution < 1.29 is 9.22 Å². The van der Waals surface area contributed by atoms with Crippen molar-refractivity contribution in [2.24, 2.45) is 40.4 Å². The van der Waals surface area contributed by atoms with Crippen molar-refractivity contribution in [2.45, 2.75) is 123 Å². The molecule has 0 spiro atoms. The molecule has 2 nitrogen and oxygen atoms in total. The summed E-state index contributed by atoms with van der Waals surface area (Å²) in [4.78, 5) is 11.7. The molecule has 0 aromatic carbocycles. The average molecular weight is 457 g/mol. The second-order valence-electron chi connectivity index (χ2n) is 14.4. The van der Waals surface area contributed by atoms with E-state index in [9.17, 15) is 4.79 Å². The number of carbonyl (C=O) groups excluding carboxylic acids is 1. The predicted octanol–water partition coefficient (Wildman–Crippen LogP) is 7.93. The van der Waals surface area contributed by atoms with Gasteiger partial charge in [-0.1, -0.05) is 46.3 Å². The van der Waals surface area contributed by atoms with Crippen LogP contribution in [0.25, 0.3) is 0 Å². The van der Waals surface area contributed by atoms with Gasteiger partial charge in [0.15, 0.2) is 8.32 Å². The van der Waals surface area contributed by atoms with Gasteiger partial charge in [-0.15, -0.1) is 0 Å². The highest BCUT2D eigenvalue weighted by molar-refractivity contribution is 6.74. The highest BCUT2D eigenvalue weighted by Gasteiger charge is 2.60. The number of fused-ring (bicyclic) bond motifs is 5. The van der Waals surface area contributed by atoms with Crippen LogP contribution in [0.4, 0.5) is 0 Å². The zero-order valence-electron chi connectivity index (χ0n) is 21.9. The molecule has 3 heteroatoms. The van der Waals surface area contributed by atoms with Crippen molar-refractivity contribution in [1.82, 2.24) is 0 Å². The minimum absolute atomic E-state index is 0.289. The third-order valence-corrected chi connectivity index (χ3v) is 16.5. The Morgan fingerprint density at radius 3 is 2.28 bits per heavy atom. The van der Waals surface area contributed by atoms with Crippen molar-refractivity contribution in [1.29, 1.82) is 0 Å². The van der Waals surface area contributed by atoms with Gasteiger partial charge in [0, 0.05) is 18.9 Å². The minimum Gasteiger partial charge on any atom is -0.414 e. The van der Waals surface area contributed by atoms with Gasteiger partial charge in [-0.05, 0) is 110 Å². The van der Waals surface area contributed by atoms with Crippen molar-refractivity contribution in [3.05, 3.63) is 11.6 Å². The van der Waals surface area contributed by atoms with Gasteiger partial charge in [0.05, 0.1) is 0 Å². The van der Waals surface area contributed by atoms with Gasteiger partial charge in [0.1, 0.15) is 5.78 Å². The van der Waals surface area contributed by atoms with Crippen molar-refractivity contribution in [3.63, 3.8) is 0 Å². The van der Waals surface area contributed by atoms with E-state index in [1.54, 1.807) is 5.57 Å². The van der Waals surface area contributed by atoms with Gasteiger partial charge in [-0.25, -0.2) is 0 Å². The summed E-state index contributed by atoms with van der Waals surface area (Å²) < 4.78 is 6.90. The smallest absolute Gasteiger partial charge is 0.192 e. The molecule has 2 unspecified atom stereocenters. The van der Waals surface area contributed by atoms with Gasteiger partial charge in [-0.2, -0.15) is 0 Å². The number of carbonyl (C=O) groups is 1. The highest BCUT2D eigenvalue weighted by Crippen LogP contribution is 2.68. The maximum atomic E-state index is 11.7. The molecular formula is C29H48O2Si. The molecule has 5 aliphatic carbocycles. The first-order chi connectivity index (χ1) is 14.8. The zero-order valence-corrected chi connectivity index (χ0v) is 22.9. The minimum atomic E-state index is -1.71. The van der Waals surface area contributed by atoms with Crippen LogP contribution in [0.15, 0.2) is 11.6 Å². The van der Waals surface area contributed by atoms with Crippen LogP contribution >= 0.6 is 0 Å². The number of ketones is 1. The summed E-state index contributed by atoms with van der Waals surface area (Å²) in [5, 5.41) is 0.289. The monoisotopic (exact) mass is 456 g/mol. The Bertz CT molecular complexity index is 798. The molecule has 5 rings (SSSR count). The molecule has 5 aliphatic rings. The van der Waals surface area contributed by atoms with Crippen LogP contribution in [-0.4, -0.2) is 20.2 Å². The number of hydrogen-bond acceptors (Lipinski definition) is 2. The number of Topliss-reactive ketones (excluding diaryl/α,β-unsaturated/α-hetero) is 1. The quantitative estimate of drug-likeness (QED) is 0.318. The molecule has 32 heavy (non-hydrogen) atoms. The van der Waals surface area contributed by atoms with E-state index in [1.807, 2.05) is 0 Å². The molecule has 0 amide bonds. The molecular weight excluding hydrogens is 408 g/mol. The summed E-state index contributed by atoms with van der Waals surface area (Å²) in [6.07, 6.45) is 15.6. The Morgan fingerprint density at radius 2 is 1.62 bits per heavy atom. The SMILES string of the molecule is CC(C)(C)[Si](C)(C)OC1CC[C@@]2(C)C(=CC[C@@H]3[C@@H]2CC[C@]2(C)C(C4CC(=O)C4)CC[C@@H]32)C1. The highest BCUT2D eigenvalue weighted by atomic mass is 28.4. The molecule has 0 aromatic heterocycles. The third kappa shape index (κ3) is 3.46. The largest absolute Gasteiger partial charge is 0.414 e. The standard InChI is InChI=1S/C29H48O2Si/c1-27(2,3)32(6,7)31-22-12-14-28(4)20(18-22)8-9-23-25-11-10-24(19-16-21(30)17-19)29(25,5)15-13-26(23)28/h8,19,22-26H,9-18H2,1-7H3/t22?,23-,24?,25-,26-,28-,29+/m0/s1. The fourth-order valence-corrected chi connectivity index (χ4v) is 10.3. The van der Waals surface area contributed by atoms with Gasteiger partial charge < -0.3 is 4.43 Å². The van der Waals surface area contributed by atoms with Crippen LogP contribution < -0.4 is 0 Å². The molecule has 0 aliphatic heterocycles. The van der Waals surface area contributed by atoms with Crippen molar-refractivity contribution >= 4 is 14.1 Å². The zero-order chi connectivity index (χ0) is 23.1. The van der Waals surface area contributed by atoms with E-state index in [2.05, 4.69) is 53.8 Å². The molecule has 0 heterocycles. The molecule has 0 saturated heterocycles. The van der Waals surface area contributed by atoms with Gasteiger partial charge in [0.2, 0.25) is 0 Å². The average Bonchev–Trinajstić information content (AvgIpc) is 3.01. The number of allylic oxidation sites excluding steroid dienone is 1. The molecule has 0 radical (unpaired) electrons. The molecule has 0 bridgehead atoms. The fraction of sp³-hybridized carbons (Fsp3) is 0.897. The molecule has 7 atom stereocenters. The Labute approximate surface area is 198 Å². The lowest BCUT2D eigenvalue weighted by atomic mass is 9.46. The van der Waals surface area contributed by atoms with E-state index < -0.39 is 8.32 Å².